The molecule has 27 nitrogen and oxygen atoms in total. The van der Waals surface area contributed by atoms with Crippen molar-refractivity contribution < 1.29 is 115 Å². The van der Waals surface area contributed by atoms with Gasteiger partial charge in [0.25, 0.3) is 5.91 Å². The standard InChI is InChI=1S/C63H77N4O23P/c1-67(2,3)29-32-87-91(79,80)86-31-12-13-37-16-19-40(20-17-37)57(73)64-28-26-48(68)66-44-33-38(18-25-45(44)88-60-54(71)52(69)53(70)55(89-60)58(74)75)36-85-61(77)65-27-10-11-30-84-43-34-46(82-5)51-47(35-43)90-63(41-21-23-42(81-4)24-22-41)50(39-14-8-7-9-15-39)49(59(76)83-6)56(72)62(51,63)78/h7-9,14-25,33-35,49-50,52-56,60,69-72,78H,10-13,26-32,36H2,1-6H3,(H4-,64,65,66,68,73,74,75,77,79,80)/p+1/t49-,50-,52+,53+,54-,55+,56-,60-,62+,63+/m1/s1. The molecule has 3 amide bonds. The van der Waals surface area contributed by atoms with E-state index in [1.165, 1.54) is 39.5 Å². The molecule has 2 aliphatic heterocycles. The monoisotopic (exact) mass is 1290 g/mol. The Morgan fingerprint density at radius 2 is 1.43 bits per heavy atom. The number of aryl methyl sites for hydroxylation is 1. The van der Waals surface area contributed by atoms with Crippen molar-refractivity contribution in [3.8, 4) is 28.7 Å². The van der Waals surface area contributed by atoms with Crippen molar-refractivity contribution in [3.63, 3.8) is 0 Å². The molecular weight excluding hydrogens is 1210 g/mol. The Balaban J connectivity index is 0.851. The molecule has 0 spiro atoms. The topological polar surface area (TPSA) is 372 Å². The van der Waals surface area contributed by atoms with Gasteiger partial charge in [-0.2, -0.15) is 0 Å². The largest absolute Gasteiger partial charge is 0.497 e. The Kier molecular flexibility index (Phi) is 22.8. The molecule has 2 heterocycles. The van der Waals surface area contributed by atoms with Crippen LogP contribution in [0.25, 0.3) is 0 Å². The van der Waals surface area contributed by atoms with E-state index in [1.807, 2.05) is 21.1 Å². The van der Waals surface area contributed by atoms with Gasteiger partial charge in [-0.05, 0) is 84.3 Å². The predicted octanol–water partition coefficient (Wildman–Crippen LogP) is 4.01. The third-order valence-electron chi connectivity index (χ3n) is 15.8. The van der Waals surface area contributed by atoms with E-state index in [0.717, 1.165) is 5.56 Å². The Bertz CT molecular complexity index is 3390. The lowest BCUT2D eigenvalue weighted by Crippen LogP contribution is -2.61. The average molecular weight is 1290 g/mol. The fourth-order valence-corrected chi connectivity index (χ4v) is 11.9. The molecule has 5 aromatic rings. The number of phosphoric ester groups is 1. The zero-order chi connectivity index (χ0) is 65.8. The summed E-state index contributed by atoms with van der Waals surface area (Å²) < 4.78 is 69.0. The molecule has 1 saturated carbocycles. The van der Waals surface area contributed by atoms with E-state index in [2.05, 4.69) is 16.0 Å². The van der Waals surface area contributed by atoms with Gasteiger partial charge in [0.15, 0.2) is 17.3 Å². The molecule has 0 aromatic heterocycles. The quantitative estimate of drug-likeness (QED) is 0.0134. The number of likely N-dealkylation sites (N-methyl/N-ethyl adjacent to an activating group) is 1. The second kappa shape index (κ2) is 30.0. The molecule has 2 fully saturated rings. The number of unbranched alkanes of at least 4 members (excludes halogenated alkanes) is 1. The first-order valence-corrected chi connectivity index (χ1v) is 30.8. The van der Waals surface area contributed by atoms with Gasteiger partial charge in [-0.3, -0.25) is 23.4 Å². The number of amides is 3. The maximum atomic E-state index is 13.7. The van der Waals surface area contributed by atoms with Crippen LogP contribution < -0.4 is 39.6 Å². The minimum absolute atomic E-state index is 0.0323. The molecule has 1 unspecified atom stereocenters. The number of nitrogens with zero attached hydrogens (tertiary/aromatic N) is 1. The van der Waals surface area contributed by atoms with E-state index in [9.17, 15) is 64.1 Å². The molecule has 91 heavy (non-hydrogen) atoms. The lowest BCUT2D eigenvalue weighted by molar-refractivity contribution is -0.870. The number of hydrogen-bond acceptors (Lipinski definition) is 21. The molecule has 28 heteroatoms. The summed E-state index contributed by atoms with van der Waals surface area (Å²) in [6.07, 6.45) is -10.9. The maximum absolute atomic E-state index is 13.7. The summed E-state index contributed by atoms with van der Waals surface area (Å²) in [5.74, 6) is -4.94. The van der Waals surface area contributed by atoms with Crippen molar-refractivity contribution in [2.75, 3.05) is 87.2 Å². The number of quaternary nitrogens is 1. The van der Waals surface area contributed by atoms with Crippen LogP contribution >= 0.6 is 7.82 Å². The van der Waals surface area contributed by atoms with Gasteiger partial charge in [0.05, 0.1) is 72.9 Å². The zero-order valence-corrected chi connectivity index (χ0v) is 51.9. The summed E-state index contributed by atoms with van der Waals surface area (Å²) >= 11 is 0. The number of methoxy groups -OCH3 is 3. The number of aliphatic carboxylic acids is 1. The maximum Gasteiger partial charge on any atom is 0.472 e. The summed E-state index contributed by atoms with van der Waals surface area (Å²) in [7, 11) is 5.67. The van der Waals surface area contributed by atoms with E-state index in [-0.39, 0.29) is 74.4 Å². The van der Waals surface area contributed by atoms with Gasteiger partial charge in [-0.1, -0.05) is 60.7 Å². The average Bonchev–Trinajstić information content (AvgIpc) is 1.50. The van der Waals surface area contributed by atoms with E-state index in [1.54, 1.807) is 91.0 Å². The van der Waals surface area contributed by atoms with Gasteiger partial charge < -0.3 is 93.9 Å². The van der Waals surface area contributed by atoms with Gasteiger partial charge in [0.2, 0.25) is 12.2 Å². The van der Waals surface area contributed by atoms with Crippen molar-refractivity contribution in [2.24, 2.45) is 5.92 Å². The minimum atomic E-state index is -4.21. The Morgan fingerprint density at radius 3 is 2.10 bits per heavy atom. The smallest absolute Gasteiger partial charge is 0.472 e. The van der Waals surface area contributed by atoms with Crippen LogP contribution in [0.3, 0.4) is 0 Å². The number of rotatable bonds is 30. The molecule has 1 aliphatic carbocycles. The highest BCUT2D eigenvalue weighted by Crippen LogP contribution is 2.70. The highest BCUT2D eigenvalue weighted by molar-refractivity contribution is 7.47. The van der Waals surface area contributed by atoms with Gasteiger partial charge in [-0.15, -0.1) is 0 Å². The van der Waals surface area contributed by atoms with Gasteiger partial charge in [0.1, 0.15) is 72.9 Å². The lowest BCUT2D eigenvalue weighted by Gasteiger charge is -2.40. The second-order valence-corrected chi connectivity index (χ2v) is 24.4. The number of carboxylic acids is 1. The van der Waals surface area contributed by atoms with Crippen LogP contribution in [0.2, 0.25) is 0 Å². The van der Waals surface area contributed by atoms with Crippen molar-refractivity contribution in [1.29, 1.82) is 0 Å². The normalized spacial score (nSPS) is 23.9. The van der Waals surface area contributed by atoms with Gasteiger partial charge in [0, 0.05) is 43.1 Å². The van der Waals surface area contributed by atoms with E-state index in [4.69, 9.17) is 46.9 Å². The zero-order valence-electron chi connectivity index (χ0n) is 51.1. The molecule has 0 bridgehead atoms. The molecule has 3 aliphatic rings. The molecular formula is C63H78N4O23P+. The number of anilines is 1. The van der Waals surface area contributed by atoms with Gasteiger partial charge >= 0.3 is 25.9 Å². The van der Waals surface area contributed by atoms with Crippen LogP contribution in [0.1, 0.15) is 69.8 Å². The third-order valence-corrected chi connectivity index (χ3v) is 16.8. The first-order valence-electron chi connectivity index (χ1n) is 29.3. The number of benzene rings is 5. The number of esters is 1. The number of fused-ring (bicyclic) bond motifs is 3. The predicted molar refractivity (Wildman–Crippen MR) is 322 cm³/mol. The number of aliphatic hydroxyl groups is 5. The fourth-order valence-electron chi connectivity index (χ4n) is 11.2. The van der Waals surface area contributed by atoms with E-state index in [0.29, 0.717) is 70.5 Å². The third kappa shape index (κ3) is 16.1. The lowest BCUT2D eigenvalue weighted by atomic mass is 9.70. The Morgan fingerprint density at radius 1 is 0.725 bits per heavy atom. The first-order chi connectivity index (χ1) is 43.3. The summed E-state index contributed by atoms with van der Waals surface area (Å²) in [6, 6.07) is 29.6. The highest BCUT2D eigenvalue weighted by Gasteiger charge is 2.78. The Hall–Kier alpha value is -7.92. The van der Waals surface area contributed by atoms with E-state index >= 15 is 0 Å². The summed E-state index contributed by atoms with van der Waals surface area (Å²) in [4.78, 5) is 74.9. The van der Waals surface area contributed by atoms with Crippen molar-refractivity contribution in [3.05, 3.63) is 143 Å². The molecule has 0 radical (unpaired) electrons. The number of aliphatic hydroxyl groups excluding tert-OH is 4. The van der Waals surface area contributed by atoms with Crippen LogP contribution in [-0.2, 0) is 66.4 Å². The Labute approximate surface area is 524 Å². The molecule has 8 rings (SSSR count). The summed E-state index contributed by atoms with van der Waals surface area (Å²) in [5, 5.41) is 74.4. The van der Waals surface area contributed by atoms with Crippen LogP contribution in [0.4, 0.5) is 10.5 Å². The second-order valence-electron chi connectivity index (χ2n) is 23.0. The number of phosphoric acid groups is 1. The van der Waals surface area contributed by atoms with Gasteiger partial charge in [-0.25, -0.2) is 14.2 Å². The molecule has 11 atom stereocenters. The number of ether oxygens (including phenoxy) is 8. The number of carbonyl (C=O) groups excluding carboxylic acids is 4. The van der Waals surface area contributed by atoms with Crippen molar-refractivity contribution in [1.82, 2.24) is 10.6 Å². The molecule has 5 aromatic carbocycles. The summed E-state index contributed by atoms with van der Waals surface area (Å²) in [5.41, 5.74) is -1.59. The van der Waals surface area contributed by atoms with Crippen molar-refractivity contribution >= 4 is 43.4 Å². The number of hydrogen-bond donors (Lipinski definition) is 10. The van der Waals surface area contributed by atoms with Crippen LogP contribution in [0, 0.1) is 5.92 Å². The van der Waals surface area contributed by atoms with Crippen LogP contribution in [0.5, 0.6) is 28.7 Å². The number of carboxylic acid groups (broad SMARTS) is 1. The fraction of sp³-hybridized carbons (Fsp3) is 0.444. The highest BCUT2D eigenvalue weighted by atomic mass is 31.2. The number of carbonyl (C=O) groups is 5. The first kappa shape index (κ1) is 69.0. The van der Waals surface area contributed by atoms with Crippen molar-refractivity contribution in [2.45, 2.75) is 92.6 Å². The number of nitrogens with one attached hydrogen (secondary N) is 3. The van der Waals surface area contributed by atoms with Crippen LogP contribution in [-0.4, -0.2) is 189 Å². The number of alkyl carbamates (subject to hydrolysis) is 1. The summed E-state index contributed by atoms with van der Waals surface area (Å²) in [6.45, 7) is 0.344. The SMILES string of the molecule is COC(=O)[C@H]1[C@@H](O)[C@@]2(O)c3c(OC)cc(OCCCCNC(=O)OCc4ccc(O[C@@H]5O[C@H](C(=O)O)[C@@H](O)[C@H](O)[C@H]5O)c(NC(=O)CCNC(=O)c5ccc(CCCOP(=O)(O)OCC[N+](C)(C)C)cc5)c4)cc3O[C@@]2(c2ccc(OC)cc2)[C@@H]1c1ccccc1. The molecule has 492 valence electrons. The van der Waals surface area contributed by atoms with E-state index < -0.39 is 97.5 Å². The minimum Gasteiger partial charge on any atom is -0.497 e. The molecule has 1 saturated heterocycles. The molecule has 10 N–H and O–H groups in total. The van der Waals surface area contributed by atoms with Crippen LogP contribution in [0.15, 0.2) is 109 Å².